The van der Waals surface area contributed by atoms with Crippen molar-refractivity contribution in [3.8, 4) is 0 Å². The Hall–Kier alpha value is -0.640. The maximum Gasteiger partial charge on any atom is 0.184 e. The molecule has 0 saturated heterocycles. The first-order valence-corrected chi connectivity index (χ1v) is 4.45. The van der Waals surface area contributed by atoms with Crippen LogP contribution in [0.5, 0.6) is 0 Å². The fourth-order valence-corrected chi connectivity index (χ4v) is 0.773. The summed E-state index contributed by atoms with van der Waals surface area (Å²) in [6.45, 7) is 8.41. The van der Waals surface area contributed by atoms with Gasteiger partial charge in [-0.3, -0.25) is 5.43 Å². The second-order valence-electron chi connectivity index (χ2n) is 3.26. The van der Waals surface area contributed by atoms with Crippen LogP contribution in [0.15, 0.2) is 5.10 Å². The largest absolute Gasteiger partial charge is 0.375 e. The van der Waals surface area contributed by atoms with Crippen molar-refractivity contribution in [2.75, 3.05) is 0 Å². The summed E-state index contributed by atoms with van der Waals surface area (Å²) < 4.78 is 0. The molecule has 0 radical (unpaired) electrons. The summed E-state index contributed by atoms with van der Waals surface area (Å²) in [5.74, 6) is 1.04. The zero-order chi connectivity index (χ0) is 9.72. The summed E-state index contributed by atoms with van der Waals surface area (Å²) >= 11 is 4.63. The molecule has 0 aromatic carbocycles. The average molecular weight is 187 g/mol. The van der Waals surface area contributed by atoms with Crippen molar-refractivity contribution in [3.63, 3.8) is 0 Å². The lowest BCUT2D eigenvalue weighted by atomic mass is 9.94. The summed E-state index contributed by atoms with van der Waals surface area (Å²) in [4.78, 5) is 0. The molecule has 0 bridgehead atoms. The number of thiocarbonyl (C=S) groups is 1. The SMILES string of the molecule is C/C(=N/NC(N)=S)C(C)C(C)C. The third-order valence-electron chi connectivity index (χ3n) is 2.00. The second kappa shape index (κ2) is 5.09. The molecule has 0 aliphatic rings. The van der Waals surface area contributed by atoms with Crippen LogP contribution >= 0.6 is 12.2 Å². The highest BCUT2D eigenvalue weighted by atomic mass is 32.1. The van der Waals surface area contributed by atoms with Gasteiger partial charge in [0.25, 0.3) is 0 Å². The van der Waals surface area contributed by atoms with Crippen LogP contribution in [0.2, 0.25) is 0 Å². The molecule has 3 nitrogen and oxygen atoms in total. The van der Waals surface area contributed by atoms with E-state index in [4.69, 9.17) is 5.73 Å². The Labute approximate surface area is 79.4 Å². The Morgan fingerprint density at radius 3 is 2.25 bits per heavy atom. The van der Waals surface area contributed by atoms with Crippen LogP contribution in [0.3, 0.4) is 0 Å². The number of nitrogens with zero attached hydrogens (tertiary/aromatic N) is 1. The normalized spacial score (nSPS) is 14.6. The monoisotopic (exact) mass is 187 g/mol. The first-order chi connectivity index (χ1) is 5.45. The minimum absolute atomic E-state index is 0.213. The highest BCUT2D eigenvalue weighted by Crippen LogP contribution is 2.10. The molecule has 0 amide bonds. The zero-order valence-corrected chi connectivity index (χ0v) is 8.90. The predicted molar refractivity (Wildman–Crippen MR) is 57.0 cm³/mol. The minimum atomic E-state index is 0.213. The molecule has 12 heavy (non-hydrogen) atoms. The van der Waals surface area contributed by atoms with E-state index < -0.39 is 0 Å². The average Bonchev–Trinajstić information content (AvgIpc) is 1.98. The summed E-state index contributed by atoms with van der Waals surface area (Å²) in [7, 11) is 0. The molecule has 1 atom stereocenters. The Morgan fingerprint density at radius 2 is 1.92 bits per heavy atom. The van der Waals surface area contributed by atoms with Crippen LogP contribution in [-0.2, 0) is 0 Å². The standard InChI is InChI=1S/C8H17N3S/c1-5(2)6(3)7(4)10-11-8(9)12/h5-6H,1-4H3,(H3,9,11,12)/b10-7-. The van der Waals surface area contributed by atoms with E-state index in [1.165, 1.54) is 0 Å². The second-order valence-corrected chi connectivity index (χ2v) is 3.70. The Balaban J connectivity index is 4.08. The van der Waals surface area contributed by atoms with Gasteiger partial charge in [0.05, 0.1) is 0 Å². The molecule has 0 spiro atoms. The molecule has 0 aromatic heterocycles. The van der Waals surface area contributed by atoms with Gasteiger partial charge in [-0.1, -0.05) is 20.8 Å². The van der Waals surface area contributed by atoms with E-state index in [0.717, 1.165) is 5.71 Å². The van der Waals surface area contributed by atoms with Crippen LogP contribution in [0.25, 0.3) is 0 Å². The molecule has 0 aromatic rings. The highest BCUT2D eigenvalue weighted by Gasteiger charge is 2.09. The molecule has 0 rings (SSSR count). The van der Waals surface area contributed by atoms with Crippen molar-refractivity contribution in [2.24, 2.45) is 22.7 Å². The fourth-order valence-electron chi connectivity index (χ4n) is 0.727. The number of rotatable bonds is 3. The van der Waals surface area contributed by atoms with Crippen molar-refractivity contribution in [2.45, 2.75) is 27.7 Å². The third kappa shape index (κ3) is 4.28. The molecule has 0 saturated carbocycles. The third-order valence-corrected chi connectivity index (χ3v) is 2.09. The lowest BCUT2D eigenvalue weighted by molar-refractivity contribution is 0.528. The van der Waals surface area contributed by atoms with E-state index in [1.807, 2.05) is 6.92 Å². The van der Waals surface area contributed by atoms with Gasteiger partial charge in [0, 0.05) is 5.71 Å². The Bertz CT molecular complexity index is 187. The molecule has 4 heteroatoms. The predicted octanol–water partition coefficient (Wildman–Crippen LogP) is 1.49. The molecule has 70 valence electrons. The minimum Gasteiger partial charge on any atom is -0.375 e. The molecule has 0 heterocycles. The molecule has 0 aliphatic heterocycles. The van der Waals surface area contributed by atoms with Gasteiger partial charge in [0.15, 0.2) is 5.11 Å². The van der Waals surface area contributed by atoms with Gasteiger partial charge in [-0.2, -0.15) is 5.10 Å². The number of hydrogen-bond acceptors (Lipinski definition) is 2. The number of nitrogens with two attached hydrogens (primary N) is 1. The number of hydrogen-bond donors (Lipinski definition) is 2. The van der Waals surface area contributed by atoms with Gasteiger partial charge < -0.3 is 5.73 Å². The van der Waals surface area contributed by atoms with E-state index in [2.05, 4.69) is 43.5 Å². The lowest BCUT2D eigenvalue weighted by Gasteiger charge is -2.14. The molecule has 0 aliphatic carbocycles. The van der Waals surface area contributed by atoms with Crippen molar-refractivity contribution in [1.29, 1.82) is 0 Å². The van der Waals surface area contributed by atoms with Gasteiger partial charge in [-0.15, -0.1) is 0 Å². The topological polar surface area (TPSA) is 50.4 Å². The molecular weight excluding hydrogens is 170 g/mol. The van der Waals surface area contributed by atoms with Crippen LogP contribution in [0.4, 0.5) is 0 Å². The van der Waals surface area contributed by atoms with Gasteiger partial charge >= 0.3 is 0 Å². The maximum atomic E-state index is 5.23. The number of hydrazone groups is 1. The van der Waals surface area contributed by atoms with Gasteiger partial charge in [-0.05, 0) is 31.0 Å². The van der Waals surface area contributed by atoms with E-state index in [-0.39, 0.29) is 5.11 Å². The van der Waals surface area contributed by atoms with Crippen molar-refractivity contribution in [1.82, 2.24) is 5.43 Å². The summed E-state index contributed by atoms with van der Waals surface area (Å²) in [6.07, 6.45) is 0. The zero-order valence-electron chi connectivity index (χ0n) is 8.09. The number of nitrogens with one attached hydrogen (secondary N) is 1. The van der Waals surface area contributed by atoms with Crippen molar-refractivity contribution >= 4 is 23.0 Å². The van der Waals surface area contributed by atoms with Crippen LogP contribution in [-0.4, -0.2) is 10.8 Å². The van der Waals surface area contributed by atoms with Crippen LogP contribution < -0.4 is 11.2 Å². The van der Waals surface area contributed by atoms with Crippen molar-refractivity contribution in [3.05, 3.63) is 0 Å². The molecule has 1 unspecified atom stereocenters. The molecule has 0 fully saturated rings. The van der Waals surface area contributed by atoms with Gasteiger partial charge in [0.2, 0.25) is 0 Å². The van der Waals surface area contributed by atoms with E-state index >= 15 is 0 Å². The fraction of sp³-hybridized carbons (Fsp3) is 0.750. The van der Waals surface area contributed by atoms with E-state index in [9.17, 15) is 0 Å². The maximum absolute atomic E-state index is 5.23. The van der Waals surface area contributed by atoms with Crippen LogP contribution in [0.1, 0.15) is 27.7 Å². The van der Waals surface area contributed by atoms with Gasteiger partial charge in [0.1, 0.15) is 0 Å². The quantitative estimate of drug-likeness (QED) is 0.400. The molecule has 3 N–H and O–H groups in total. The Kier molecular flexibility index (Phi) is 4.81. The first-order valence-electron chi connectivity index (χ1n) is 4.04. The smallest absolute Gasteiger partial charge is 0.184 e. The highest BCUT2D eigenvalue weighted by molar-refractivity contribution is 7.80. The lowest BCUT2D eigenvalue weighted by Crippen LogP contribution is -2.27. The van der Waals surface area contributed by atoms with E-state index in [1.54, 1.807) is 0 Å². The summed E-state index contributed by atoms with van der Waals surface area (Å²) in [5.41, 5.74) is 8.83. The first kappa shape index (κ1) is 11.4. The van der Waals surface area contributed by atoms with Gasteiger partial charge in [-0.25, -0.2) is 0 Å². The van der Waals surface area contributed by atoms with Crippen LogP contribution in [0, 0.1) is 11.8 Å². The van der Waals surface area contributed by atoms with Crippen molar-refractivity contribution < 1.29 is 0 Å². The molecular formula is C8H17N3S. The summed E-state index contributed by atoms with van der Waals surface area (Å²) in [6, 6.07) is 0. The van der Waals surface area contributed by atoms with E-state index in [0.29, 0.717) is 11.8 Å². The summed E-state index contributed by atoms with van der Waals surface area (Å²) in [5, 5.41) is 4.26. The Morgan fingerprint density at radius 1 is 1.42 bits per heavy atom.